The van der Waals surface area contributed by atoms with Crippen LogP contribution in [0, 0.1) is 5.82 Å². The molecule has 1 atom stereocenters. The standard InChI is InChI=1S/C12H13FO2/c1-2-3-7-10-8-5-4-6-9(13)11(8)12(14)15-10/h4-6,10H,2-3,7H2,1H3. The van der Waals surface area contributed by atoms with E-state index in [1.807, 2.05) is 0 Å². The van der Waals surface area contributed by atoms with Gasteiger partial charge in [-0.25, -0.2) is 9.18 Å². The van der Waals surface area contributed by atoms with E-state index in [1.54, 1.807) is 12.1 Å². The number of esters is 1. The van der Waals surface area contributed by atoms with Crippen LogP contribution in [0.25, 0.3) is 0 Å². The fraction of sp³-hybridized carbons (Fsp3) is 0.417. The molecule has 1 unspecified atom stereocenters. The second kappa shape index (κ2) is 4.01. The maximum absolute atomic E-state index is 13.3. The van der Waals surface area contributed by atoms with Gasteiger partial charge < -0.3 is 4.74 Å². The Kier molecular flexibility index (Phi) is 2.71. The van der Waals surface area contributed by atoms with Gasteiger partial charge in [-0.1, -0.05) is 25.5 Å². The second-order valence-electron chi connectivity index (χ2n) is 3.74. The summed E-state index contributed by atoms with van der Waals surface area (Å²) in [7, 11) is 0. The number of fused-ring (bicyclic) bond motifs is 1. The van der Waals surface area contributed by atoms with Crippen LogP contribution in [0.2, 0.25) is 0 Å². The molecule has 0 saturated heterocycles. The number of hydrogen-bond donors (Lipinski definition) is 0. The number of cyclic esters (lactones) is 1. The van der Waals surface area contributed by atoms with Crippen LogP contribution >= 0.6 is 0 Å². The van der Waals surface area contributed by atoms with Gasteiger partial charge in [0.05, 0.1) is 0 Å². The predicted octanol–water partition coefficient (Wildman–Crippen LogP) is 3.23. The molecule has 2 rings (SSSR count). The van der Waals surface area contributed by atoms with Crippen molar-refractivity contribution >= 4 is 5.97 Å². The van der Waals surface area contributed by atoms with E-state index < -0.39 is 11.8 Å². The van der Waals surface area contributed by atoms with E-state index >= 15 is 0 Å². The molecule has 0 fully saturated rings. The van der Waals surface area contributed by atoms with Crippen molar-refractivity contribution in [2.24, 2.45) is 0 Å². The normalized spacial score (nSPS) is 18.8. The Morgan fingerprint density at radius 2 is 2.27 bits per heavy atom. The Balaban J connectivity index is 2.30. The van der Waals surface area contributed by atoms with Gasteiger partial charge in [-0.15, -0.1) is 0 Å². The zero-order chi connectivity index (χ0) is 10.8. The number of rotatable bonds is 3. The van der Waals surface area contributed by atoms with Crippen molar-refractivity contribution in [3.05, 3.63) is 35.1 Å². The third-order valence-corrected chi connectivity index (χ3v) is 2.67. The molecule has 1 heterocycles. The van der Waals surface area contributed by atoms with E-state index in [1.165, 1.54) is 6.07 Å². The van der Waals surface area contributed by atoms with Gasteiger partial charge in [0, 0.05) is 5.56 Å². The minimum absolute atomic E-state index is 0.124. The van der Waals surface area contributed by atoms with Crippen LogP contribution in [-0.4, -0.2) is 5.97 Å². The molecule has 3 heteroatoms. The van der Waals surface area contributed by atoms with Gasteiger partial charge in [-0.05, 0) is 18.9 Å². The first-order chi connectivity index (χ1) is 7.24. The summed E-state index contributed by atoms with van der Waals surface area (Å²) in [6, 6.07) is 4.68. The van der Waals surface area contributed by atoms with Crippen LogP contribution in [0.5, 0.6) is 0 Å². The molecule has 0 spiro atoms. The lowest BCUT2D eigenvalue weighted by atomic mass is 10.0. The van der Waals surface area contributed by atoms with Crippen LogP contribution in [0.1, 0.15) is 48.2 Å². The van der Waals surface area contributed by atoms with Crippen molar-refractivity contribution in [3.8, 4) is 0 Å². The Morgan fingerprint density at radius 3 is 3.00 bits per heavy atom. The highest BCUT2D eigenvalue weighted by atomic mass is 19.1. The lowest BCUT2D eigenvalue weighted by Gasteiger charge is -2.08. The largest absolute Gasteiger partial charge is 0.454 e. The molecule has 0 radical (unpaired) electrons. The summed E-state index contributed by atoms with van der Waals surface area (Å²) in [5.74, 6) is -0.999. The summed E-state index contributed by atoms with van der Waals surface area (Å²) in [5, 5.41) is 0. The number of unbranched alkanes of at least 4 members (excludes halogenated alkanes) is 1. The summed E-state index contributed by atoms with van der Waals surface area (Å²) in [6.45, 7) is 2.07. The Labute approximate surface area is 88.1 Å². The molecule has 80 valence electrons. The minimum Gasteiger partial charge on any atom is -0.454 e. The smallest absolute Gasteiger partial charge is 0.342 e. The van der Waals surface area contributed by atoms with Crippen molar-refractivity contribution in [2.75, 3.05) is 0 Å². The average Bonchev–Trinajstić information content (AvgIpc) is 2.54. The Morgan fingerprint density at radius 1 is 1.47 bits per heavy atom. The van der Waals surface area contributed by atoms with E-state index in [0.29, 0.717) is 5.56 Å². The van der Waals surface area contributed by atoms with Crippen LogP contribution in [0.4, 0.5) is 4.39 Å². The van der Waals surface area contributed by atoms with Gasteiger partial charge in [0.15, 0.2) is 0 Å². The topological polar surface area (TPSA) is 26.3 Å². The van der Waals surface area contributed by atoms with E-state index in [0.717, 1.165) is 19.3 Å². The highest BCUT2D eigenvalue weighted by molar-refractivity contribution is 5.94. The molecule has 15 heavy (non-hydrogen) atoms. The molecule has 0 aromatic heterocycles. The number of halogens is 1. The van der Waals surface area contributed by atoms with Crippen LogP contribution in [-0.2, 0) is 4.74 Å². The number of ether oxygens (including phenoxy) is 1. The van der Waals surface area contributed by atoms with Gasteiger partial charge in [0.1, 0.15) is 17.5 Å². The number of hydrogen-bond acceptors (Lipinski definition) is 2. The summed E-state index contributed by atoms with van der Waals surface area (Å²) < 4.78 is 18.5. The lowest BCUT2D eigenvalue weighted by Crippen LogP contribution is -1.98. The van der Waals surface area contributed by atoms with E-state index in [4.69, 9.17) is 4.74 Å². The molecular formula is C12H13FO2. The maximum atomic E-state index is 13.3. The fourth-order valence-electron chi connectivity index (χ4n) is 1.88. The predicted molar refractivity (Wildman–Crippen MR) is 54.1 cm³/mol. The lowest BCUT2D eigenvalue weighted by molar-refractivity contribution is 0.0362. The molecule has 0 aliphatic carbocycles. The van der Waals surface area contributed by atoms with Gasteiger partial charge in [0.2, 0.25) is 0 Å². The number of benzene rings is 1. The molecule has 2 nitrogen and oxygen atoms in total. The summed E-state index contributed by atoms with van der Waals surface area (Å²) in [6.07, 6.45) is 2.55. The number of carbonyl (C=O) groups excluding carboxylic acids is 1. The molecule has 1 aromatic carbocycles. The minimum atomic E-state index is -0.524. The fourth-order valence-corrected chi connectivity index (χ4v) is 1.88. The van der Waals surface area contributed by atoms with E-state index in [2.05, 4.69) is 6.92 Å². The van der Waals surface area contributed by atoms with Gasteiger partial charge >= 0.3 is 5.97 Å². The third-order valence-electron chi connectivity index (χ3n) is 2.67. The molecular weight excluding hydrogens is 195 g/mol. The zero-order valence-corrected chi connectivity index (χ0v) is 8.63. The van der Waals surface area contributed by atoms with Crippen molar-refractivity contribution in [3.63, 3.8) is 0 Å². The first-order valence-corrected chi connectivity index (χ1v) is 5.23. The van der Waals surface area contributed by atoms with Crippen LogP contribution < -0.4 is 0 Å². The molecule has 1 aromatic rings. The SMILES string of the molecule is CCCCC1OC(=O)c2c(F)cccc21. The van der Waals surface area contributed by atoms with Crippen molar-refractivity contribution in [1.29, 1.82) is 0 Å². The first-order valence-electron chi connectivity index (χ1n) is 5.23. The Hall–Kier alpha value is -1.38. The molecule has 1 aliphatic heterocycles. The van der Waals surface area contributed by atoms with Crippen molar-refractivity contribution < 1.29 is 13.9 Å². The van der Waals surface area contributed by atoms with Crippen LogP contribution in [0.15, 0.2) is 18.2 Å². The summed E-state index contributed by atoms with van der Waals surface area (Å²) in [4.78, 5) is 11.4. The summed E-state index contributed by atoms with van der Waals surface area (Å²) in [5.41, 5.74) is 0.826. The maximum Gasteiger partial charge on any atom is 0.342 e. The molecule has 0 N–H and O–H groups in total. The Bertz CT molecular complexity index is 387. The monoisotopic (exact) mass is 208 g/mol. The first kappa shape index (κ1) is 10.1. The average molecular weight is 208 g/mol. The van der Waals surface area contributed by atoms with Gasteiger partial charge in [-0.2, -0.15) is 0 Å². The molecule has 0 bridgehead atoms. The zero-order valence-electron chi connectivity index (χ0n) is 8.63. The van der Waals surface area contributed by atoms with Gasteiger partial charge in [0.25, 0.3) is 0 Å². The number of carbonyl (C=O) groups is 1. The van der Waals surface area contributed by atoms with Crippen molar-refractivity contribution in [1.82, 2.24) is 0 Å². The highest BCUT2D eigenvalue weighted by Gasteiger charge is 2.32. The summed E-state index contributed by atoms with van der Waals surface area (Å²) >= 11 is 0. The van der Waals surface area contributed by atoms with Crippen LogP contribution in [0.3, 0.4) is 0 Å². The van der Waals surface area contributed by atoms with E-state index in [-0.39, 0.29) is 11.7 Å². The second-order valence-corrected chi connectivity index (χ2v) is 3.74. The third kappa shape index (κ3) is 1.74. The molecule has 1 aliphatic rings. The van der Waals surface area contributed by atoms with Gasteiger partial charge in [-0.3, -0.25) is 0 Å². The molecule has 0 amide bonds. The quantitative estimate of drug-likeness (QED) is 0.713. The van der Waals surface area contributed by atoms with Crippen molar-refractivity contribution in [2.45, 2.75) is 32.3 Å². The molecule has 0 saturated carbocycles. The van der Waals surface area contributed by atoms with E-state index in [9.17, 15) is 9.18 Å². The highest BCUT2D eigenvalue weighted by Crippen LogP contribution is 2.35.